The maximum Gasteiger partial charge on any atom is 0.282 e. The highest BCUT2D eigenvalue weighted by Gasteiger charge is 2.34. The Kier molecular flexibility index (Phi) is 7.46. The summed E-state index contributed by atoms with van der Waals surface area (Å²) in [5.41, 5.74) is 6.34. The lowest BCUT2D eigenvalue weighted by Gasteiger charge is -2.26. The Hall–Kier alpha value is -4.84. The highest BCUT2D eigenvalue weighted by Crippen LogP contribution is 2.32. The topological polar surface area (TPSA) is 67.9 Å². The number of rotatable bonds is 9. The van der Waals surface area contributed by atoms with Crippen LogP contribution in [-0.4, -0.2) is 25.0 Å². The number of anilines is 1. The summed E-state index contributed by atoms with van der Waals surface area (Å²) < 4.78 is 11.7. The number of nitrogens with zero attached hydrogens (tertiary/aromatic N) is 1. The van der Waals surface area contributed by atoms with Gasteiger partial charge in [0.1, 0.15) is 30.3 Å². The van der Waals surface area contributed by atoms with Gasteiger partial charge in [-0.15, -0.1) is 0 Å². The first-order valence-corrected chi connectivity index (χ1v) is 12.9. The summed E-state index contributed by atoms with van der Waals surface area (Å²) in [4.78, 5) is 25.3. The molecule has 1 fully saturated rings. The molecule has 0 radical (unpaired) electrons. The Labute approximate surface area is 228 Å². The number of hydrogen-bond donors (Lipinski definition) is 1. The molecule has 1 heterocycles. The molecule has 5 rings (SSSR count). The fourth-order valence-corrected chi connectivity index (χ4v) is 4.49. The largest absolute Gasteiger partial charge is 0.490 e. The molecule has 4 aromatic carbocycles. The van der Waals surface area contributed by atoms with Crippen LogP contribution in [0.5, 0.6) is 11.5 Å². The minimum atomic E-state index is -0.443. The second-order valence-corrected chi connectivity index (χ2v) is 9.76. The van der Waals surface area contributed by atoms with E-state index in [4.69, 9.17) is 9.47 Å². The number of ether oxygens (including phenoxy) is 2. The third-order valence-electron chi connectivity index (χ3n) is 6.77. The van der Waals surface area contributed by atoms with Gasteiger partial charge in [0.25, 0.3) is 11.8 Å². The molecule has 0 bridgehead atoms. The van der Waals surface area contributed by atoms with Crippen molar-refractivity contribution in [1.82, 2.24) is 5.43 Å². The minimum Gasteiger partial charge on any atom is -0.490 e. The quantitative estimate of drug-likeness (QED) is 0.169. The van der Waals surface area contributed by atoms with Crippen LogP contribution < -0.4 is 19.9 Å². The smallest absolute Gasteiger partial charge is 0.282 e. The van der Waals surface area contributed by atoms with Crippen molar-refractivity contribution >= 4 is 23.6 Å². The second-order valence-electron chi connectivity index (χ2n) is 9.76. The van der Waals surface area contributed by atoms with Gasteiger partial charge in [-0.25, -0.2) is 5.01 Å². The number of para-hydroxylation sites is 1. The third kappa shape index (κ3) is 5.85. The highest BCUT2D eigenvalue weighted by molar-refractivity contribution is 6.31. The molecule has 1 aliphatic rings. The molecule has 1 saturated heterocycles. The van der Waals surface area contributed by atoms with E-state index in [0.717, 1.165) is 5.75 Å². The molecule has 2 amide bonds. The number of hydrogen-bond acceptors (Lipinski definition) is 4. The predicted molar refractivity (Wildman–Crippen MR) is 152 cm³/mol. The van der Waals surface area contributed by atoms with Gasteiger partial charge in [-0.05, 0) is 59.2 Å². The molecule has 4 aromatic rings. The van der Waals surface area contributed by atoms with E-state index < -0.39 is 11.8 Å². The fourth-order valence-electron chi connectivity index (χ4n) is 4.49. The van der Waals surface area contributed by atoms with Crippen LogP contribution in [0.1, 0.15) is 30.5 Å². The van der Waals surface area contributed by atoms with Crippen LogP contribution in [0.4, 0.5) is 5.69 Å². The Balaban J connectivity index is 1.16. The van der Waals surface area contributed by atoms with Gasteiger partial charge in [-0.1, -0.05) is 86.6 Å². The third-order valence-corrected chi connectivity index (χ3v) is 6.77. The Morgan fingerprint density at radius 2 is 1.33 bits per heavy atom. The average molecular weight is 519 g/mol. The first-order chi connectivity index (χ1) is 18.9. The van der Waals surface area contributed by atoms with Gasteiger partial charge in [-0.2, -0.15) is 0 Å². The average Bonchev–Trinajstić information content (AvgIpc) is 3.25. The summed E-state index contributed by atoms with van der Waals surface area (Å²) in [6.07, 6.45) is 1.57. The van der Waals surface area contributed by atoms with Crippen molar-refractivity contribution in [3.05, 3.63) is 131 Å². The van der Waals surface area contributed by atoms with Crippen LogP contribution in [0.25, 0.3) is 6.08 Å². The van der Waals surface area contributed by atoms with Gasteiger partial charge >= 0.3 is 0 Å². The lowest BCUT2D eigenvalue weighted by atomic mass is 9.78. The van der Waals surface area contributed by atoms with Crippen LogP contribution in [0.3, 0.4) is 0 Å². The van der Waals surface area contributed by atoms with E-state index >= 15 is 0 Å². The van der Waals surface area contributed by atoms with Crippen molar-refractivity contribution in [2.75, 3.05) is 18.2 Å². The lowest BCUT2D eigenvalue weighted by molar-refractivity contribution is -0.117. The SMILES string of the molecule is CC(C)(c1ccccc1)c1ccc(OCCOc2cccc(/C=C3\C(=O)NN(c4ccccc4)C3=O)c2)cc1. The summed E-state index contributed by atoms with van der Waals surface area (Å²) in [7, 11) is 0. The first-order valence-electron chi connectivity index (χ1n) is 12.9. The minimum absolute atomic E-state index is 0.0678. The molecule has 196 valence electrons. The first kappa shape index (κ1) is 25.8. The van der Waals surface area contributed by atoms with Crippen LogP contribution in [0.15, 0.2) is 115 Å². The molecule has 0 saturated carbocycles. The Bertz CT molecular complexity index is 1480. The Morgan fingerprint density at radius 3 is 2.03 bits per heavy atom. The molecule has 1 aliphatic heterocycles. The monoisotopic (exact) mass is 518 g/mol. The normalized spacial score (nSPS) is 14.4. The van der Waals surface area contributed by atoms with Gasteiger partial charge < -0.3 is 9.47 Å². The summed E-state index contributed by atoms with van der Waals surface area (Å²) in [6.45, 7) is 5.15. The van der Waals surface area contributed by atoms with E-state index in [1.54, 1.807) is 24.3 Å². The van der Waals surface area contributed by atoms with Gasteiger partial charge in [0.2, 0.25) is 0 Å². The van der Waals surface area contributed by atoms with Crippen LogP contribution in [-0.2, 0) is 15.0 Å². The van der Waals surface area contributed by atoms with Crippen LogP contribution in [0, 0.1) is 0 Å². The molecule has 0 aromatic heterocycles. The van der Waals surface area contributed by atoms with Crippen molar-refractivity contribution in [2.24, 2.45) is 0 Å². The number of benzene rings is 4. The van der Waals surface area contributed by atoms with Gasteiger partial charge in [0, 0.05) is 5.41 Å². The molecular formula is C33H30N2O4. The maximum absolute atomic E-state index is 12.8. The number of amides is 2. The van der Waals surface area contributed by atoms with Crippen molar-refractivity contribution in [1.29, 1.82) is 0 Å². The Morgan fingerprint density at radius 1 is 0.718 bits per heavy atom. The van der Waals surface area contributed by atoms with Crippen molar-refractivity contribution in [2.45, 2.75) is 19.3 Å². The van der Waals surface area contributed by atoms with E-state index in [9.17, 15) is 9.59 Å². The molecular weight excluding hydrogens is 488 g/mol. The van der Waals surface area contributed by atoms with E-state index in [1.165, 1.54) is 16.1 Å². The molecule has 0 spiro atoms. The van der Waals surface area contributed by atoms with Crippen LogP contribution in [0.2, 0.25) is 0 Å². The van der Waals surface area contributed by atoms with Gasteiger partial charge in [-0.3, -0.25) is 15.0 Å². The molecule has 1 N–H and O–H groups in total. The zero-order valence-electron chi connectivity index (χ0n) is 22.0. The molecule has 0 unspecified atom stereocenters. The van der Waals surface area contributed by atoms with E-state index in [1.807, 2.05) is 54.6 Å². The van der Waals surface area contributed by atoms with Gasteiger partial charge in [0.05, 0.1) is 5.69 Å². The molecule has 6 heteroatoms. The van der Waals surface area contributed by atoms with E-state index in [-0.39, 0.29) is 11.0 Å². The molecule has 0 aliphatic carbocycles. The number of nitrogens with one attached hydrogen (secondary N) is 1. The number of carbonyl (C=O) groups excluding carboxylic acids is 2. The van der Waals surface area contributed by atoms with E-state index in [0.29, 0.717) is 30.2 Å². The number of hydrazine groups is 1. The lowest BCUT2D eigenvalue weighted by Crippen LogP contribution is -2.35. The predicted octanol–water partition coefficient (Wildman–Crippen LogP) is 5.93. The summed E-state index contributed by atoms with van der Waals surface area (Å²) in [5.74, 6) is 0.558. The highest BCUT2D eigenvalue weighted by atomic mass is 16.5. The van der Waals surface area contributed by atoms with Gasteiger partial charge in [0.15, 0.2) is 0 Å². The van der Waals surface area contributed by atoms with Crippen molar-refractivity contribution < 1.29 is 19.1 Å². The van der Waals surface area contributed by atoms with Crippen molar-refractivity contribution in [3.8, 4) is 11.5 Å². The zero-order valence-corrected chi connectivity index (χ0v) is 22.0. The summed E-state index contributed by atoms with van der Waals surface area (Å²) in [5, 5.41) is 1.25. The second kappa shape index (κ2) is 11.3. The van der Waals surface area contributed by atoms with Crippen LogP contribution >= 0.6 is 0 Å². The zero-order chi connectivity index (χ0) is 27.2. The maximum atomic E-state index is 12.8. The van der Waals surface area contributed by atoms with Crippen molar-refractivity contribution in [3.63, 3.8) is 0 Å². The summed E-state index contributed by atoms with van der Waals surface area (Å²) >= 11 is 0. The van der Waals surface area contributed by atoms with E-state index in [2.05, 4.69) is 55.7 Å². The fraction of sp³-hybridized carbons (Fsp3) is 0.152. The number of carbonyl (C=O) groups is 2. The molecule has 0 atom stereocenters. The molecule has 6 nitrogen and oxygen atoms in total. The summed E-state index contributed by atoms with van der Waals surface area (Å²) in [6, 6.07) is 34.8. The molecule has 39 heavy (non-hydrogen) atoms. The standard InChI is InChI=1S/C33H30N2O4/c1-33(2,25-11-5-3-6-12-25)26-16-18-28(19-17-26)38-20-21-39-29-15-9-10-24(22-29)23-30-31(36)34-35(32(30)37)27-13-7-4-8-14-27/h3-19,22-23H,20-21H2,1-2H3,(H,34,36)/b30-23+.